The molecule has 0 spiro atoms. The second-order valence-corrected chi connectivity index (χ2v) is 10.2. The monoisotopic (exact) mass is 491 g/mol. The van der Waals surface area contributed by atoms with Gasteiger partial charge in [0.2, 0.25) is 11.8 Å². The summed E-state index contributed by atoms with van der Waals surface area (Å²) in [5.74, 6) is -1.20. The van der Waals surface area contributed by atoms with E-state index in [0.29, 0.717) is 30.8 Å². The number of benzene rings is 1. The second-order valence-electron chi connectivity index (χ2n) is 8.87. The van der Waals surface area contributed by atoms with Crippen molar-refractivity contribution in [3.63, 3.8) is 0 Å². The summed E-state index contributed by atoms with van der Waals surface area (Å²) in [7, 11) is 0. The number of thiazole rings is 1. The van der Waals surface area contributed by atoms with Crippen molar-refractivity contribution < 1.29 is 19.2 Å². The van der Waals surface area contributed by atoms with E-state index in [1.54, 1.807) is 34.6 Å². The zero-order chi connectivity index (χ0) is 24.3. The topological polar surface area (TPSA) is 130 Å². The number of aromatic nitrogens is 4. The van der Waals surface area contributed by atoms with E-state index < -0.39 is 11.9 Å². The van der Waals surface area contributed by atoms with Gasteiger partial charge in [0.05, 0.1) is 29.1 Å². The van der Waals surface area contributed by atoms with Gasteiger partial charge in [0, 0.05) is 36.4 Å². The molecule has 1 N–H and O–H groups in total. The van der Waals surface area contributed by atoms with Crippen LogP contribution in [-0.2, 0) is 29.1 Å². The summed E-state index contributed by atoms with van der Waals surface area (Å²) in [6, 6.07) is 4.57. The van der Waals surface area contributed by atoms with Gasteiger partial charge < -0.3 is 9.80 Å². The Morgan fingerprint density at radius 3 is 2.86 bits per heavy atom. The number of carbonyl (C=O) groups is 4. The second kappa shape index (κ2) is 8.08. The number of aryl methyl sites for hydroxylation is 1. The van der Waals surface area contributed by atoms with Gasteiger partial charge in [-0.2, -0.15) is 0 Å². The third kappa shape index (κ3) is 3.70. The van der Waals surface area contributed by atoms with Crippen LogP contribution in [0.15, 0.2) is 24.4 Å². The van der Waals surface area contributed by atoms with Crippen LogP contribution in [0.25, 0.3) is 5.69 Å². The fraction of sp³-hybridized carbons (Fsp3) is 0.348. The first-order valence-electron chi connectivity index (χ1n) is 11.3. The third-order valence-electron chi connectivity index (χ3n) is 6.61. The molecule has 3 aromatic rings. The number of imide groups is 1. The van der Waals surface area contributed by atoms with Gasteiger partial charge in [0.25, 0.3) is 11.8 Å². The molecule has 2 aromatic heterocycles. The molecule has 178 valence electrons. The van der Waals surface area contributed by atoms with E-state index in [0.717, 1.165) is 22.7 Å². The summed E-state index contributed by atoms with van der Waals surface area (Å²) >= 11 is 1.67. The summed E-state index contributed by atoms with van der Waals surface area (Å²) in [6.07, 6.45) is 2.88. The Bertz CT molecular complexity index is 1410. The largest absolute Gasteiger partial charge is 0.331 e. The lowest BCUT2D eigenvalue weighted by atomic mass is 10.0. The first-order chi connectivity index (χ1) is 16.9. The molecule has 1 atom stereocenters. The van der Waals surface area contributed by atoms with Crippen molar-refractivity contribution in [3.05, 3.63) is 56.8 Å². The number of hydrogen-bond donors (Lipinski definition) is 1. The van der Waals surface area contributed by atoms with Crippen LogP contribution in [0, 0.1) is 6.92 Å². The number of nitrogens with zero attached hydrogens (tertiary/aromatic N) is 6. The Kier molecular flexibility index (Phi) is 4.99. The molecule has 3 aliphatic heterocycles. The SMILES string of the molecule is Cc1nc2c(s1)CCN(C(=O)c1cn(-c3ccc4c(c3)CN(C3CCC(=O)NC3=O)C4=O)nn1)C2. The highest BCUT2D eigenvalue weighted by Crippen LogP contribution is 2.29. The van der Waals surface area contributed by atoms with Crippen molar-refractivity contribution in [2.24, 2.45) is 0 Å². The maximum Gasteiger partial charge on any atom is 0.276 e. The van der Waals surface area contributed by atoms with Crippen LogP contribution in [0.1, 0.15) is 54.8 Å². The van der Waals surface area contributed by atoms with E-state index in [1.165, 1.54) is 14.5 Å². The number of nitrogens with one attached hydrogen (secondary N) is 1. The van der Waals surface area contributed by atoms with Gasteiger partial charge in [-0.25, -0.2) is 9.67 Å². The number of rotatable bonds is 3. The van der Waals surface area contributed by atoms with E-state index in [1.807, 2.05) is 13.0 Å². The fourth-order valence-electron chi connectivity index (χ4n) is 4.85. The van der Waals surface area contributed by atoms with Gasteiger partial charge in [0.15, 0.2) is 5.69 Å². The molecule has 11 nitrogen and oxygen atoms in total. The van der Waals surface area contributed by atoms with Crippen molar-refractivity contribution in [2.75, 3.05) is 6.54 Å². The number of hydrogen-bond acceptors (Lipinski definition) is 8. The minimum Gasteiger partial charge on any atom is -0.331 e. The van der Waals surface area contributed by atoms with E-state index in [-0.39, 0.29) is 36.4 Å². The molecular formula is C23H21N7O4S. The molecule has 0 saturated carbocycles. The van der Waals surface area contributed by atoms with Crippen LogP contribution >= 0.6 is 11.3 Å². The Morgan fingerprint density at radius 2 is 2.03 bits per heavy atom. The van der Waals surface area contributed by atoms with Gasteiger partial charge in [-0.15, -0.1) is 16.4 Å². The molecule has 1 fully saturated rings. The van der Waals surface area contributed by atoms with Crippen molar-refractivity contribution in [3.8, 4) is 5.69 Å². The molecule has 5 heterocycles. The zero-order valence-electron chi connectivity index (χ0n) is 18.9. The predicted octanol–water partition coefficient (Wildman–Crippen LogP) is 0.992. The van der Waals surface area contributed by atoms with Crippen molar-refractivity contribution >= 4 is 35.0 Å². The van der Waals surface area contributed by atoms with E-state index in [9.17, 15) is 19.2 Å². The predicted molar refractivity (Wildman–Crippen MR) is 123 cm³/mol. The highest BCUT2D eigenvalue weighted by Gasteiger charge is 2.39. The lowest BCUT2D eigenvalue weighted by molar-refractivity contribution is -0.136. The van der Waals surface area contributed by atoms with Crippen LogP contribution in [0.2, 0.25) is 0 Å². The lowest BCUT2D eigenvalue weighted by Crippen LogP contribution is -2.52. The first-order valence-corrected chi connectivity index (χ1v) is 12.1. The number of carbonyl (C=O) groups excluding carboxylic acids is 4. The van der Waals surface area contributed by atoms with Gasteiger partial charge in [-0.05, 0) is 37.1 Å². The summed E-state index contributed by atoms with van der Waals surface area (Å²) in [6.45, 7) is 3.30. The fourth-order valence-corrected chi connectivity index (χ4v) is 5.79. The minimum absolute atomic E-state index is 0.201. The molecule has 1 aromatic carbocycles. The summed E-state index contributed by atoms with van der Waals surface area (Å²) < 4.78 is 1.51. The van der Waals surface area contributed by atoms with Crippen molar-refractivity contribution in [1.29, 1.82) is 0 Å². The molecule has 0 aliphatic carbocycles. The van der Waals surface area contributed by atoms with Gasteiger partial charge in [-0.1, -0.05) is 5.21 Å². The molecule has 12 heteroatoms. The average molecular weight is 492 g/mol. The van der Waals surface area contributed by atoms with Crippen molar-refractivity contribution in [2.45, 2.75) is 45.3 Å². The van der Waals surface area contributed by atoms with Crippen LogP contribution in [0.4, 0.5) is 0 Å². The molecule has 0 radical (unpaired) electrons. The van der Waals surface area contributed by atoms with E-state index in [2.05, 4.69) is 20.6 Å². The van der Waals surface area contributed by atoms with Crippen molar-refractivity contribution in [1.82, 2.24) is 35.1 Å². The van der Waals surface area contributed by atoms with Crippen LogP contribution in [0.5, 0.6) is 0 Å². The number of piperidine rings is 1. The molecule has 1 saturated heterocycles. The summed E-state index contributed by atoms with van der Waals surface area (Å²) in [5, 5.41) is 11.5. The molecule has 4 amide bonds. The van der Waals surface area contributed by atoms with Crippen LogP contribution in [0.3, 0.4) is 0 Å². The molecule has 35 heavy (non-hydrogen) atoms. The maximum atomic E-state index is 13.0. The van der Waals surface area contributed by atoms with E-state index in [4.69, 9.17) is 0 Å². The normalized spacial score (nSPS) is 19.6. The number of amides is 4. The number of fused-ring (bicyclic) bond motifs is 2. The minimum atomic E-state index is -0.668. The highest BCUT2D eigenvalue weighted by molar-refractivity contribution is 7.11. The summed E-state index contributed by atoms with van der Waals surface area (Å²) in [5.41, 5.74) is 3.11. The Hall–Kier alpha value is -3.93. The molecule has 1 unspecified atom stereocenters. The lowest BCUT2D eigenvalue weighted by Gasteiger charge is -2.29. The third-order valence-corrected chi connectivity index (χ3v) is 7.68. The van der Waals surface area contributed by atoms with Gasteiger partial charge in [0.1, 0.15) is 6.04 Å². The molecular weight excluding hydrogens is 470 g/mol. The molecule has 0 bridgehead atoms. The van der Waals surface area contributed by atoms with E-state index >= 15 is 0 Å². The van der Waals surface area contributed by atoms with Crippen LogP contribution < -0.4 is 5.32 Å². The zero-order valence-corrected chi connectivity index (χ0v) is 19.7. The maximum absolute atomic E-state index is 13.0. The highest BCUT2D eigenvalue weighted by atomic mass is 32.1. The smallest absolute Gasteiger partial charge is 0.276 e. The quantitative estimate of drug-likeness (QED) is 0.541. The Balaban J connectivity index is 1.19. The van der Waals surface area contributed by atoms with Gasteiger partial charge >= 0.3 is 0 Å². The average Bonchev–Trinajstić information content (AvgIpc) is 3.55. The Labute approximate surface area is 203 Å². The Morgan fingerprint density at radius 1 is 1.17 bits per heavy atom. The molecule has 6 rings (SSSR count). The standard InChI is InChI=1S/C23H21N7O4S/c1-12-24-16-10-28(7-6-19(16)35-12)23(34)17-11-30(27-26-17)14-2-3-15-13(8-14)9-29(22(15)33)18-4-5-20(31)25-21(18)32/h2-3,8,11,18H,4-7,9-10H2,1H3,(H,25,31,32). The van der Waals surface area contributed by atoms with Gasteiger partial charge in [-0.3, -0.25) is 24.5 Å². The first kappa shape index (κ1) is 21.6. The molecule has 3 aliphatic rings. The van der Waals surface area contributed by atoms with Crippen LogP contribution in [-0.4, -0.2) is 66.0 Å². The summed E-state index contributed by atoms with van der Waals surface area (Å²) in [4.78, 5) is 58.6.